The van der Waals surface area contributed by atoms with Gasteiger partial charge in [0, 0.05) is 11.5 Å². The fourth-order valence-corrected chi connectivity index (χ4v) is 2.91. The smallest absolute Gasteiger partial charge is 0.0745 e. The summed E-state index contributed by atoms with van der Waals surface area (Å²) < 4.78 is 3.74. The van der Waals surface area contributed by atoms with Crippen LogP contribution >= 0.6 is 31.9 Å². The molecule has 3 nitrogen and oxygen atoms in total. The van der Waals surface area contributed by atoms with Gasteiger partial charge >= 0.3 is 0 Å². The molecule has 0 aliphatic carbocycles. The molecule has 2 N–H and O–H groups in total. The van der Waals surface area contributed by atoms with Gasteiger partial charge < -0.3 is 5.73 Å². The zero-order valence-electron chi connectivity index (χ0n) is 9.61. The quantitative estimate of drug-likeness (QED) is 0.895. The molecule has 90 valence electrons. The molecule has 0 fully saturated rings. The number of aryl methyl sites for hydroxylation is 2. The lowest BCUT2D eigenvalue weighted by Gasteiger charge is -2.15. The minimum absolute atomic E-state index is 0.203. The van der Waals surface area contributed by atoms with Crippen molar-refractivity contribution in [2.45, 2.75) is 13.0 Å². The minimum atomic E-state index is -0.203. The number of aromatic nitrogens is 2. The van der Waals surface area contributed by atoms with Gasteiger partial charge in [0.15, 0.2) is 0 Å². The fraction of sp³-hybridized carbons (Fsp3) is 0.250. The van der Waals surface area contributed by atoms with Crippen LogP contribution in [0.1, 0.15) is 22.9 Å². The number of hydrogen-bond acceptors (Lipinski definition) is 2. The molecular weight excluding hydrogens is 346 g/mol. The van der Waals surface area contributed by atoms with Crippen molar-refractivity contribution in [2.75, 3.05) is 0 Å². The molecule has 17 heavy (non-hydrogen) atoms. The first-order valence-electron chi connectivity index (χ1n) is 5.19. The second kappa shape index (κ2) is 4.92. The molecule has 0 amide bonds. The van der Waals surface area contributed by atoms with E-state index in [-0.39, 0.29) is 6.04 Å². The number of nitrogens with zero attached hydrogens (tertiary/aromatic N) is 2. The zero-order valence-corrected chi connectivity index (χ0v) is 12.8. The Labute approximate surface area is 117 Å². The Kier molecular flexibility index (Phi) is 3.70. The topological polar surface area (TPSA) is 43.8 Å². The maximum absolute atomic E-state index is 6.31. The van der Waals surface area contributed by atoms with Gasteiger partial charge in [0.2, 0.25) is 0 Å². The number of halogens is 2. The van der Waals surface area contributed by atoms with Crippen LogP contribution in [0.25, 0.3) is 0 Å². The average Bonchev–Trinajstić information content (AvgIpc) is 2.61. The minimum Gasteiger partial charge on any atom is -0.319 e. The molecule has 1 aromatic carbocycles. The van der Waals surface area contributed by atoms with Crippen LogP contribution in [0.15, 0.2) is 33.3 Å². The largest absolute Gasteiger partial charge is 0.319 e. The molecule has 0 saturated carbocycles. The SMILES string of the molecule is Cc1ccc(Br)c(C(N)c2c(Br)cnn2C)c1. The predicted molar refractivity (Wildman–Crippen MR) is 75.8 cm³/mol. The van der Waals surface area contributed by atoms with E-state index in [9.17, 15) is 0 Å². The van der Waals surface area contributed by atoms with Gasteiger partial charge in [-0.2, -0.15) is 5.10 Å². The van der Waals surface area contributed by atoms with Crippen LogP contribution in [-0.4, -0.2) is 9.78 Å². The van der Waals surface area contributed by atoms with Gasteiger partial charge in [0.1, 0.15) is 0 Å². The van der Waals surface area contributed by atoms with Crippen LogP contribution in [0.5, 0.6) is 0 Å². The first-order valence-corrected chi connectivity index (χ1v) is 6.78. The molecular formula is C12H13Br2N3. The highest BCUT2D eigenvalue weighted by atomic mass is 79.9. The van der Waals surface area contributed by atoms with Crippen molar-refractivity contribution in [1.82, 2.24) is 9.78 Å². The van der Waals surface area contributed by atoms with E-state index in [1.807, 2.05) is 13.1 Å². The third-order valence-corrected chi connectivity index (χ3v) is 4.05. The van der Waals surface area contributed by atoms with E-state index >= 15 is 0 Å². The normalized spacial score (nSPS) is 12.8. The highest BCUT2D eigenvalue weighted by Crippen LogP contribution is 2.31. The van der Waals surface area contributed by atoms with Crippen molar-refractivity contribution in [3.05, 3.63) is 50.2 Å². The van der Waals surface area contributed by atoms with Crippen LogP contribution in [0, 0.1) is 6.92 Å². The Morgan fingerprint density at radius 3 is 2.59 bits per heavy atom. The van der Waals surface area contributed by atoms with E-state index < -0.39 is 0 Å². The second-order valence-electron chi connectivity index (χ2n) is 4.00. The monoisotopic (exact) mass is 357 g/mol. The molecule has 2 aromatic rings. The standard InChI is InChI=1S/C12H13Br2N3/c1-7-3-4-9(13)8(5-7)11(15)12-10(14)6-16-17(12)2/h3-6,11H,15H2,1-2H3. The molecule has 1 aromatic heterocycles. The molecule has 1 atom stereocenters. The lowest BCUT2D eigenvalue weighted by molar-refractivity contribution is 0.670. The third kappa shape index (κ3) is 2.46. The molecule has 0 bridgehead atoms. The van der Waals surface area contributed by atoms with Crippen LogP contribution in [0.4, 0.5) is 0 Å². The third-order valence-electron chi connectivity index (χ3n) is 2.72. The van der Waals surface area contributed by atoms with Crippen molar-refractivity contribution < 1.29 is 0 Å². The van der Waals surface area contributed by atoms with Crippen molar-refractivity contribution in [3.8, 4) is 0 Å². The number of benzene rings is 1. The summed E-state index contributed by atoms with van der Waals surface area (Å²) >= 11 is 7.02. The van der Waals surface area contributed by atoms with Crippen molar-refractivity contribution in [1.29, 1.82) is 0 Å². The second-order valence-corrected chi connectivity index (χ2v) is 5.71. The summed E-state index contributed by atoms with van der Waals surface area (Å²) in [5.41, 5.74) is 9.54. The van der Waals surface area contributed by atoms with E-state index in [0.717, 1.165) is 20.2 Å². The van der Waals surface area contributed by atoms with Gasteiger partial charge in [-0.1, -0.05) is 33.6 Å². The van der Waals surface area contributed by atoms with Gasteiger partial charge in [-0.25, -0.2) is 0 Å². The molecule has 5 heteroatoms. The average molecular weight is 359 g/mol. The molecule has 0 aliphatic heterocycles. The Balaban J connectivity index is 2.50. The molecule has 0 aliphatic rings. The Morgan fingerprint density at radius 1 is 1.29 bits per heavy atom. The Morgan fingerprint density at radius 2 is 2.00 bits per heavy atom. The van der Waals surface area contributed by atoms with Gasteiger partial charge in [0.05, 0.1) is 22.4 Å². The first kappa shape index (κ1) is 12.8. The number of nitrogens with two attached hydrogens (primary N) is 1. The first-order chi connectivity index (χ1) is 8.00. The van der Waals surface area contributed by atoms with E-state index in [2.05, 4.69) is 56.0 Å². The molecule has 0 spiro atoms. The van der Waals surface area contributed by atoms with Gasteiger partial charge in [-0.15, -0.1) is 0 Å². The van der Waals surface area contributed by atoms with Gasteiger partial charge in [-0.3, -0.25) is 4.68 Å². The summed E-state index contributed by atoms with van der Waals surface area (Å²) in [6, 6.07) is 5.97. The van der Waals surface area contributed by atoms with E-state index in [0.29, 0.717) is 0 Å². The lowest BCUT2D eigenvalue weighted by atomic mass is 10.0. The summed E-state index contributed by atoms with van der Waals surface area (Å²) in [4.78, 5) is 0. The summed E-state index contributed by atoms with van der Waals surface area (Å²) in [5, 5.41) is 4.19. The Hall–Kier alpha value is -0.650. The van der Waals surface area contributed by atoms with E-state index in [1.165, 1.54) is 5.56 Å². The number of hydrogen-bond donors (Lipinski definition) is 1. The lowest BCUT2D eigenvalue weighted by Crippen LogP contribution is -2.17. The van der Waals surface area contributed by atoms with Crippen molar-refractivity contribution in [2.24, 2.45) is 12.8 Å². The van der Waals surface area contributed by atoms with Crippen LogP contribution < -0.4 is 5.73 Å². The van der Waals surface area contributed by atoms with Crippen LogP contribution in [0.2, 0.25) is 0 Å². The van der Waals surface area contributed by atoms with Crippen LogP contribution in [0.3, 0.4) is 0 Å². The molecule has 1 heterocycles. The van der Waals surface area contributed by atoms with Crippen LogP contribution in [-0.2, 0) is 7.05 Å². The summed E-state index contributed by atoms with van der Waals surface area (Å²) in [7, 11) is 1.89. The summed E-state index contributed by atoms with van der Waals surface area (Å²) in [6.45, 7) is 2.06. The highest BCUT2D eigenvalue weighted by molar-refractivity contribution is 9.10. The maximum Gasteiger partial charge on any atom is 0.0745 e. The van der Waals surface area contributed by atoms with Crippen molar-refractivity contribution >= 4 is 31.9 Å². The predicted octanol–water partition coefficient (Wildman–Crippen LogP) is 3.30. The van der Waals surface area contributed by atoms with E-state index in [4.69, 9.17) is 5.73 Å². The van der Waals surface area contributed by atoms with Gasteiger partial charge in [0.25, 0.3) is 0 Å². The fourth-order valence-electron chi connectivity index (χ4n) is 1.82. The highest BCUT2D eigenvalue weighted by Gasteiger charge is 2.18. The molecule has 1 unspecified atom stereocenters. The summed E-state index contributed by atoms with van der Waals surface area (Å²) in [5.74, 6) is 0. The number of rotatable bonds is 2. The van der Waals surface area contributed by atoms with E-state index in [1.54, 1.807) is 10.9 Å². The molecule has 2 rings (SSSR count). The summed E-state index contributed by atoms with van der Waals surface area (Å²) in [6.07, 6.45) is 1.76. The zero-order chi connectivity index (χ0) is 12.6. The molecule has 0 radical (unpaired) electrons. The van der Waals surface area contributed by atoms with Crippen molar-refractivity contribution in [3.63, 3.8) is 0 Å². The molecule has 0 saturated heterocycles. The Bertz CT molecular complexity index is 529. The van der Waals surface area contributed by atoms with Gasteiger partial charge in [-0.05, 0) is 34.5 Å². The maximum atomic E-state index is 6.31.